The molecule has 114 valence electrons. The third kappa shape index (κ3) is 4.82. The molecule has 1 aliphatic carbocycles. The van der Waals surface area contributed by atoms with E-state index in [4.69, 9.17) is 4.74 Å². The van der Waals surface area contributed by atoms with E-state index in [-0.39, 0.29) is 0 Å². The fraction of sp³-hybridized carbons (Fsp3) is 0.667. The molecule has 0 N–H and O–H groups in total. The van der Waals surface area contributed by atoms with Crippen LogP contribution >= 0.6 is 0 Å². The molecule has 2 heteroatoms. The summed E-state index contributed by atoms with van der Waals surface area (Å²) in [5.74, 6) is 2.48. The summed E-state index contributed by atoms with van der Waals surface area (Å²) in [7, 11) is 6.10. The van der Waals surface area contributed by atoms with E-state index in [9.17, 15) is 0 Å². The van der Waals surface area contributed by atoms with Crippen molar-refractivity contribution in [2.75, 3.05) is 27.7 Å². The molecule has 0 radical (unpaired) electrons. The van der Waals surface area contributed by atoms with E-state index in [2.05, 4.69) is 37.2 Å². The summed E-state index contributed by atoms with van der Waals surface area (Å²) in [6.45, 7) is 5.20. The first kappa shape index (κ1) is 17.0. The van der Waals surface area contributed by atoms with Crippen LogP contribution in [0.2, 0.25) is 0 Å². The van der Waals surface area contributed by atoms with Crippen LogP contribution in [0.1, 0.15) is 51.0 Å². The maximum Gasteiger partial charge on any atom is 0.119 e. The quantitative estimate of drug-likeness (QED) is 0.800. The zero-order valence-electron chi connectivity index (χ0n) is 13.9. The Morgan fingerprint density at radius 2 is 1.85 bits per heavy atom. The standard InChI is InChI=1S/C16H25NO.C2H6/c1-17(2)12-14-7-4-5-10-16(14)13-8-6-9-15(11-13)18-3;1-2/h6,8-9,11,14,16H,4-5,7,10,12H2,1-3H3;1-2H3. The molecule has 1 aromatic rings. The summed E-state index contributed by atoms with van der Waals surface area (Å²) in [6, 6.07) is 8.64. The van der Waals surface area contributed by atoms with Gasteiger partial charge in [0.05, 0.1) is 7.11 Å². The van der Waals surface area contributed by atoms with Gasteiger partial charge in [-0.25, -0.2) is 0 Å². The average Bonchev–Trinajstić information content (AvgIpc) is 2.49. The second kappa shape index (κ2) is 9.02. The van der Waals surface area contributed by atoms with Crippen LogP contribution in [0.4, 0.5) is 0 Å². The number of benzene rings is 1. The minimum Gasteiger partial charge on any atom is -0.497 e. The van der Waals surface area contributed by atoms with Gasteiger partial charge in [-0.1, -0.05) is 38.8 Å². The van der Waals surface area contributed by atoms with Crippen LogP contribution in [0.25, 0.3) is 0 Å². The summed E-state index contributed by atoms with van der Waals surface area (Å²) in [5, 5.41) is 0. The van der Waals surface area contributed by atoms with Crippen molar-refractivity contribution in [1.82, 2.24) is 4.90 Å². The Labute approximate surface area is 125 Å². The highest BCUT2D eigenvalue weighted by Gasteiger charge is 2.26. The molecule has 0 aliphatic heterocycles. The fourth-order valence-corrected chi connectivity index (χ4v) is 3.21. The number of ether oxygens (including phenoxy) is 1. The van der Waals surface area contributed by atoms with Gasteiger partial charge in [-0.3, -0.25) is 0 Å². The zero-order chi connectivity index (χ0) is 15.0. The molecule has 1 saturated carbocycles. The molecule has 2 unspecified atom stereocenters. The summed E-state index contributed by atoms with van der Waals surface area (Å²) >= 11 is 0. The lowest BCUT2D eigenvalue weighted by molar-refractivity contribution is 0.233. The fourth-order valence-electron chi connectivity index (χ4n) is 3.21. The first-order valence-corrected chi connectivity index (χ1v) is 7.99. The molecule has 0 saturated heterocycles. The summed E-state index contributed by atoms with van der Waals surface area (Å²) in [5.41, 5.74) is 1.46. The minimum atomic E-state index is 0.705. The van der Waals surface area contributed by atoms with E-state index in [0.29, 0.717) is 5.92 Å². The Kier molecular flexibility index (Phi) is 7.68. The minimum absolute atomic E-state index is 0.705. The predicted octanol–water partition coefficient (Wildman–Crippen LogP) is 4.56. The molecule has 2 nitrogen and oxygen atoms in total. The van der Waals surface area contributed by atoms with Crippen LogP contribution in [-0.2, 0) is 0 Å². The van der Waals surface area contributed by atoms with Crippen LogP contribution in [0.5, 0.6) is 5.75 Å². The molecule has 0 aromatic heterocycles. The molecule has 0 spiro atoms. The lowest BCUT2D eigenvalue weighted by atomic mass is 9.75. The SMILES string of the molecule is CC.COc1cccc(C2CCCCC2CN(C)C)c1. The molecule has 0 heterocycles. The van der Waals surface area contributed by atoms with Crippen molar-refractivity contribution in [3.63, 3.8) is 0 Å². The van der Waals surface area contributed by atoms with Crippen LogP contribution in [0.3, 0.4) is 0 Å². The van der Waals surface area contributed by atoms with E-state index < -0.39 is 0 Å². The summed E-state index contributed by atoms with van der Waals surface area (Å²) in [4.78, 5) is 2.32. The van der Waals surface area contributed by atoms with Crippen molar-refractivity contribution in [2.45, 2.75) is 45.4 Å². The first-order chi connectivity index (χ1) is 9.70. The zero-order valence-corrected chi connectivity index (χ0v) is 13.9. The number of nitrogens with zero attached hydrogens (tertiary/aromatic N) is 1. The van der Waals surface area contributed by atoms with Gasteiger partial charge in [0.25, 0.3) is 0 Å². The summed E-state index contributed by atoms with van der Waals surface area (Å²) in [6.07, 6.45) is 5.44. The second-order valence-corrected chi connectivity index (χ2v) is 5.69. The molecule has 0 bridgehead atoms. The van der Waals surface area contributed by atoms with Crippen LogP contribution < -0.4 is 4.74 Å². The maximum absolute atomic E-state index is 5.35. The highest BCUT2D eigenvalue weighted by Crippen LogP contribution is 2.38. The molecule has 1 fully saturated rings. The van der Waals surface area contributed by atoms with Gasteiger partial charge in [-0.2, -0.15) is 0 Å². The molecular weight excluding hydrogens is 246 g/mol. The average molecular weight is 277 g/mol. The van der Waals surface area contributed by atoms with Gasteiger partial charge in [-0.15, -0.1) is 0 Å². The molecule has 20 heavy (non-hydrogen) atoms. The topological polar surface area (TPSA) is 12.5 Å². The van der Waals surface area contributed by atoms with Gasteiger partial charge in [0, 0.05) is 6.54 Å². The molecular formula is C18H31NO. The maximum atomic E-state index is 5.35. The van der Waals surface area contributed by atoms with E-state index in [1.165, 1.54) is 37.8 Å². The van der Waals surface area contributed by atoms with Crippen molar-refractivity contribution in [3.05, 3.63) is 29.8 Å². The summed E-state index contributed by atoms with van der Waals surface area (Å²) < 4.78 is 5.35. The second-order valence-electron chi connectivity index (χ2n) is 5.69. The Morgan fingerprint density at radius 1 is 1.15 bits per heavy atom. The Hall–Kier alpha value is -1.02. The number of hydrogen-bond donors (Lipinski definition) is 0. The van der Waals surface area contributed by atoms with Crippen molar-refractivity contribution in [2.24, 2.45) is 5.92 Å². The largest absolute Gasteiger partial charge is 0.497 e. The van der Waals surface area contributed by atoms with E-state index >= 15 is 0 Å². The van der Waals surface area contributed by atoms with Gasteiger partial charge in [0.1, 0.15) is 5.75 Å². The van der Waals surface area contributed by atoms with Gasteiger partial charge in [-0.05, 0) is 56.5 Å². The van der Waals surface area contributed by atoms with Gasteiger partial charge in [0.15, 0.2) is 0 Å². The van der Waals surface area contributed by atoms with Gasteiger partial charge in [0.2, 0.25) is 0 Å². The lowest BCUT2D eigenvalue weighted by Gasteiger charge is -2.34. The normalized spacial score (nSPS) is 22.1. The van der Waals surface area contributed by atoms with Crippen LogP contribution in [0, 0.1) is 5.92 Å². The Morgan fingerprint density at radius 3 is 2.50 bits per heavy atom. The third-order valence-corrected chi connectivity index (χ3v) is 4.03. The van der Waals surface area contributed by atoms with Crippen molar-refractivity contribution in [3.8, 4) is 5.75 Å². The van der Waals surface area contributed by atoms with E-state index in [1.807, 2.05) is 19.9 Å². The molecule has 1 aromatic carbocycles. The highest BCUT2D eigenvalue weighted by atomic mass is 16.5. The van der Waals surface area contributed by atoms with Crippen LogP contribution in [-0.4, -0.2) is 32.6 Å². The third-order valence-electron chi connectivity index (χ3n) is 4.03. The predicted molar refractivity (Wildman–Crippen MR) is 87.6 cm³/mol. The van der Waals surface area contributed by atoms with E-state index in [1.54, 1.807) is 7.11 Å². The van der Waals surface area contributed by atoms with E-state index in [0.717, 1.165) is 11.7 Å². The Balaban J connectivity index is 0.000000956. The van der Waals surface area contributed by atoms with Crippen molar-refractivity contribution in [1.29, 1.82) is 0 Å². The number of rotatable bonds is 4. The molecule has 1 aliphatic rings. The number of methoxy groups -OCH3 is 1. The lowest BCUT2D eigenvalue weighted by Crippen LogP contribution is -2.28. The Bertz CT molecular complexity index is 375. The van der Waals surface area contributed by atoms with Gasteiger partial charge >= 0.3 is 0 Å². The van der Waals surface area contributed by atoms with Crippen molar-refractivity contribution >= 4 is 0 Å². The first-order valence-electron chi connectivity index (χ1n) is 7.99. The molecule has 2 rings (SSSR count). The monoisotopic (exact) mass is 277 g/mol. The highest BCUT2D eigenvalue weighted by molar-refractivity contribution is 5.31. The molecule has 2 atom stereocenters. The molecule has 0 amide bonds. The van der Waals surface area contributed by atoms with Crippen molar-refractivity contribution < 1.29 is 4.74 Å². The smallest absolute Gasteiger partial charge is 0.119 e. The number of hydrogen-bond acceptors (Lipinski definition) is 2. The van der Waals surface area contributed by atoms with Crippen LogP contribution in [0.15, 0.2) is 24.3 Å². The van der Waals surface area contributed by atoms with Gasteiger partial charge < -0.3 is 9.64 Å².